The zero-order chi connectivity index (χ0) is 22.2. The molecule has 1 aromatic heterocycles. The Morgan fingerprint density at radius 2 is 1.88 bits per heavy atom. The van der Waals surface area contributed by atoms with Gasteiger partial charge in [0.1, 0.15) is 0 Å². The lowest BCUT2D eigenvalue weighted by molar-refractivity contribution is -0.0265. The predicted octanol–water partition coefficient (Wildman–Crippen LogP) is 5.02. The van der Waals surface area contributed by atoms with Crippen molar-refractivity contribution in [2.45, 2.75) is 39.3 Å². The normalized spacial score (nSPS) is 18.4. The highest BCUT2D eigenvalue weighted by atomic mass is 127. The Balaban J connectivity index is 0.00000306. The van der Waals surface area contributed by atoms with Crippen molar-refractivity contribution in [1.29, 1.82) is 0 Å². The topological polar surface area (TPSA) is 63.5 Å². The number of para-hydroxylation sites is 1. The summed E-state index contributed by atoms with van der Waals surface area (Å²) >= 11 is 0. The molecule has 2 N–H and O–H groups in total. The summed E-state index contributed by atoms with van der Waals surface area (Å²) in [5.41, 5.74) is 4.52. The molecule has 2 aromatic carbocycles. The van der Waals surface area contributed by atoms with Gasteiger partial charge in [-0.25, -0.2) is 9.67 Å². The van der Waals surface area contributed by atoms with Crippen LogP contribution in [0, 0.1) is 12.8 Å². The van der Waals surface area contributed by atoms with Crippen molar-refractivity contribution in [2.75, 3.05) is 19.7 Å². The molecule has 3 aromatic rings. The number of aryl methyl sites for hydroxylation is 1. The first kappa shape index (κ1) is 25.2. The Kier molecular flexibility index (Phi) is 9.75. The highest BCUT2D eigenvalue weighted by Gasteiger charge is 2.27. The van der Waals surface area contributed by atoms with E-state index in [9.17, 15) is 0 Å². The summed E-state index contributed by atoms with van der Waals surface area (Å²) < 4.78 is 8.06. The summed E-state index contributed by atoms with van der Waals surface area (Å²) in [4.78, 5) is 4.76. The lowest BCUT2D eigenvalue weighted by Crippen LogP contribution is -2.42. The maximum absolute atomic E-state index is 6.17. The molecule has 2 heterocycles. The largest absolute Gasteiger partial charge is 0.373 e. The van der Waals surface area contributed by atoms with E-state index in [-0.39, 0.29) is 30.1 Å². The minimum Gasteiger partial charge on any atom is -0.373 e. The highest BCUT2D eigenvalue weighted by Crippen LogP contribution is 2.33. The smallest absolute Gasteiger partial charge is 0.191 e. The molecule has 7 heteroatoms. The molecule has 0 radical (unpaired) electrons. The van der Waals surface area contributed by atoms with Crippen LogP contribution < -0.4 is 10.6 Å². The maximum Gasteiger partial charge on any atom is 0.191 e. The molecule has 4 rings (SSSR count). The second kappa shape index (κ2) is 12.7. The van der Waals surface area contributed by atoms with Crippen molar-refractivity contribution in [1.82, 2.24) is 20.4 Å². The molecule has 1 aliphatic heterocycles. The van der Waals surface area contributed by atoms with Gasteiger partial charge in [-0.3, -0.25) is 0 Å². The first-order valence-electron chi connectivity index (χ1n) is 11.5. The second-order valence-electron chi connectivity index (χ2n) is 8.27. The Morgan fingerprint density at radius 3 is 2.64 bits per heavy atom. The minimum atomic E-state index is 0. The van der Waals surface area contributed by atoms with E-state index in [1.807, 2.05) is 47.3 Å². The van der Waals surface area contributed by atoms with Gasteiger partial charge < -0.3 is 15.4 Å². The van der Waals surface area contributed by atoms with Crippen LogP contribution in [0.5, 0.6) is 0 Å². The number of guanidine groups is 1. The van der Waals surface area contributed by atoms with Gasteiger partial charge >= 0.3 is 0 Å². The van der Waals surface area contributed by atoms with E-state index in [1.165, 1.54) is 11.1 Å². The molecule has 0 bridgehead atoms. The van der Waals surface area contributed by atoms with Gasteiger partial charge in [-0.05, 0) is 50.5 Å². The third-order valence-corrected chi connectivity index (χ3v) is 5.79. The van der Waals surface area contributed by atoms with Crippen molar-refractivity contribution in [3.8, 4) is 5.69 Å². The number of hydrogen-bond acceptors (Lipinski definition) is 3. The molecule has 2 unspecified atom stereocenters. The van der Waals surface area contributed by atoms with Crippen LogP contribution in [0.2, 0.25) is 0 Å². The monoisotopic (exact) mass is 559 g/mol. The summed E-state index contributed by atoms with van der Waals surface area (Å²) in [6.45, 7) is 7.19. The fourth-order valence-corrected chi connectivity index (χ4v) is 4.08. The molecular formula is C26H34IN5O. The third-order valence-electron chi connectivity index (χ3n) is 5.79. The average Bonchev–Trinajstić information content (AvgIpc) is 3.31. The predicted molar refractivity (Wildman–Crippen MR) is 144 cm³/mol. The van der Waals surface area contributed by atoms with E-state index in [0.29, 0.717) is 12.5 Å². The summed E-state index contributed by atoms with van der Waals surface area (Å²) in [6, 6.07) is 20.9. The first-order chi connectivity index (χ1) is 15.7. The second-order valence-corrected chi connectivity index (χ2v) is 8.27. The van der Waals surface area contributed by atoms with Gasteiger partial charge in [0.15, 0.2) is 5.96 Å². The summed E-state index contributed by atoms with van der Waals surface area (Å²) in [5, 5.41) is 11.5. The van der Waals surface area contributed by atoms with Crippen LogP contribution in [-0.4, -0.2) is 35.4 Å². The van der Waals surface area contributed by atoms with Gasteiger partial charge in [-0.1, -0.05) is 48.0 Å². The molecule has 33 heavy (non-hydrogen) atoms. The summed E-state index contributed by atoms with van der Waals surface area (Å²) in [5.74, 6) is 1.22. The number of ether oxygens (including phenoxy) is 1. The SMILES string of the molecule is CCNC(=NCc1ccn(-c2ccccc2)n1)NCC1CCCOC1c1ccc(C)cc1.I. The lowest BCUT2D eigenvalue weighted by Gasteiger charge is -2.32. The van der Waals surface area contributed by atoms with E-state index >= 15 is 0 Å². The number of aromatic nitrogens is 2. The number of nitrogens with zero attached hydrogens (tertiary/aromatic N) is 3. The van der Waals surface area contributed by atoms with Crippen LogP contribution in [0.25, 0.3) is 5.69 Å². The summed E-state index contributed by atoms with van der Waals surface area (Å²) in [6.07, 6.45) is 4.35. The first-order valence-corrected chi connectivity index (χ1v) is 11.5. The zero-order valence-electron chi connectivity index (χ0n) is 19.4. The molecule has 2 atom stereocenters. The zero-order valence-corrected chi connectivity index (χ0v) is 21.7. The molecular weight excluding hydrogens is 525 g/mol. The van der Waals surface area contributed by atoms with Crippen LogP contribution >= 0.6 is 24.0 Å². The lowest BCUT2D eigenvalue weighted by atomic mass is 9.89. The Morgan fingerprint density at radius 1 is 1.09 bits per heavy atom. The summed E-state index contributed by atoms with van der Waals surface area (Å²) in [7, 11) is 0. The van der Waals surface area contributed by atoms with E-state index in [4.69, 9.17) is 9.73 Å². The van der Waals surface area contributed by atoms with Crippen LogP contribution in [0.15, 0.2) is 71.9 Å². The molecule has 0 amide bonds. The Hall–Kier alpha value is -2.39. The number of halogens is 1. The van der Waals surface area contributed by atoms with Crippen molar-refractivity contribution in [3.05, 3.63) is 83.7 Å². The fraction of sp³-hybridized carbons (Fsp3) is 0.385. The molecule has 0 saturated carbocycles. The standard InChI is InChI=1S/C26H33N5O.HI/c1-3-27-26(29-19-23-15-16-31(30-23)24-9-5-4-6-10-24)28-18-22-8-7-17-32-25(22)21-13-11-20(2)12-14-21;/h4-6,9-16,22,25H,3,7-8,17-19H2,1-2H3,(H2,27,28,29);1H. The van der Waals surface area contributed by atoms with E-state index in [2.05, 4.69) is 53.8 Å². The Labute approximate surface area is 213 Å². The molecule has 1 fully saturated rings. The maximum atomic E-state index is 6.17. The van der Waals surface area contributed by atoms with Gasteiger partial charge in [0, 0.05) is 31.8 Å². The number of hydrogen-bond donors (Lipinski definition) is 2. The molecule has 1 aliphatic rings. The number of aliphatic imine (C=N–C) groups is 1. The highest BCUT2D eigenvalue weighted by molar-refractivity contribution is 14.0. The molecule has 6 nitrogen and oxygen atoms in total. The van der Waals surface area contributed by atoms with Gasteiger partial charge in [0.25, 0.3) is 0 Å². The van der Waals surface area contributed by atoms with E-state index < -0.39 is 0 Å². The number of nitrogens with one attached hydrogen (secondary N) is 2. The molecule has 0 spiro atoms. The van der Waals surface area contributed by atoms with E-state index in [0.717, 1.165) is 49.9 Å². The minimum absolute atomic E-state index is 0. The number of rotatable bonds is 7. The average molecular weight is 559 g/mol. The van der Waals surface area contributed by atoms with Gasteiger partial charge in [0.2, 0.25) is 0 Å². The van der Waals surface area contributed by atoms with Gasteiger partial charge in [0.05, 0.1) is 24.0 Å². The molecule has 1 saturated heterocycles. The van der Waals surface area contributed by atoms with E-state index in [1.54, 1.807) is 0 Å². The van der Waals surface area contributed by atoms with Crippen molar-refractivity contribution < 1.29 is 4.74 Å². The van der Waals surface area contributed by atoms with Crippen LogP contribution in [-0.2, 0) is 11.3 Å². The van der Waals surface area contributed by atoms with Crippen LogP contribution in [0.4, 0.5) is 0 Å². The van der Waals surface area contributed by atoms with Crippen LogP contribution in [0.1, 0.15) is 42.7 Å². The number of benzene rings is 2. The van der Waals surface area contributed by atoms with Crippen molar-refractivity contribution in [3.63, 3.8) is 0 Å². The molecule has 0 aliphatic carbocycles. The van der Waals surface area contributed by atoms with Crippen molar-refractivity contribution in [2.24, 2.45) is 10.9 Å². The van der Waals surface area contributed by atoms with Gasteiger partial charge in [-0.2, -0.15) is 5.10 Å². The fourth-order valence-electron chi connectivity index (χ4n) is 4.08. The van der Waals surface area contributed by atoms with Crippen LogP contribution in [0.3, 0.4) is 0 Å². The molecule has 176 valence electrons. The van der Waals surface area contributed by atoms with Crippen molar-refractivity contribution >= 4 is 29.9 Å². The quantitative estimate of drug-likeness (QED) is 0.243. The Bertz CT molecular complexity index is 1000. The third kappa shape index (κ3) is 7.04. The van der Waals surface area contributed by atoms with Gasteiger partial charge in [-0.15, -0.1) is 24.0 Å².